The minimum atomic E-state index is -0.864. The molecule has 0 aliphatic heterocycles. The molecule has 304 valence electrons. The molecule has 0 saturated heterocycles. The van der Waals surface area contributed by atoms with E-state index in [9.17, 15) is 15.0 Å². The number of nitrogens with one attached hydrogen (secondary N) is 1. The van der Waals surface area contributed by atoms with Crippen molar-refractivity contribution < 1.29 is 15.0 Å². The van der Waals surface area contributed by atoms with Crippen molar-refractivity contribution in [2.24, 2.45) is 0 Å². The molecule has 0 saturated carbocycles. The lowest BCUT2D eigenvalue weighted by Crippen LogP contribution is -2.45. The van der Waals surface area contributed by atoms with E-state index in [0.717, 1.165) is 38.5 Å². The van der Waals surface area contributed by atoms with Gasteiger partial charge in [0.05, 0.1) is 18.8 Å². The summed E-state index contributed by atoms with van der Waals surface area (Å²) in [7, 11) is 0. The van der Waals surface area contributed by atoms with Crippen LogP contribution < -0.4 is 5.32 Å². The van der Waals surface area contributed by atoms with E-state index in [4.69, 9.17) is 0 Å². The fourth-order valence-electron chi connectivity index (χ4n) is 6.75. The van der Waals surface area contributed by atoms with Gasteiger partial charge < -0.3 is 15.5 Å². The summed E-state index contributed by atoms with van der Waals surface area (Å²) in [5.41, 5.74) is 0. The normalized spacial score (nSPS) is 13.4. The smallest absolute Gasteiger partial charge is 0.220 e. The SMILES string of the molecule is CCCCC/C=C\C/C=C\CCCCCCCCCCCC(=O)NC(CO)C(O)/C=C/CC/C=C/CCCCCCCCCCCCCCCCC. The Labute approximate surface area is 324 Å². The molecule has 52 heavy (non-hydrogen) atoms. The second-order valence-electron chi connectivity index (χ2n) is 15.5. The molecule has 0 bridgehead atoms. The van der Waals surface area contributed by atoms with Crippen LogP contribution in [0.1, 0.15) is 232 Å². The highest BCUT2D eigenvalue weighted by atomic mass is 16.3. The van der Waals surface area contributed by atoms with E-state index in [-0.39, 0.29) is 12.5 Å². The largest absolute Gasteiger partial charge is 0.394 e. The van der Waals surface area contributed by atoms with Crippen LogP contribution in [0.3, 0.4) is 0 Å². The molecule has 0 aromatic carbocycles. The summed E-state index contributed by atoms with van der Waals surface area (Å²) >= 11 is 0. The molecule has 0 spiro atoms. The quantitative estimate of drug-likeness (QED) is 0.0434. The van der Waals surface area contributed by atoms with Gasteiger partial charge >= 0.3 is 0 Å². The van der Waals surface area contributed by atoms with Crippen LogP contribution in [0.4, 0.5) is 0 Å². The Kier molecular flexibility index (Phi) is 42.4. The molecule has 0 fully saturated rings. The van der Waals surface area contributed by atoms with Crippen LogP contribution in [0.25, 0.3) is 0 Å². The third kappa shape index (κ3) is 39.6. The van der Waals surface area contributed by atoms with Crippen LogP contribution in [0.15, 0.2) is 48.6 Å². The molecule has 0 radical (unpaired) electrons. The third-order valence-corrected chi connectivity index (χ3v) is 10.3. The average molecular weight is 728 g/mol. The Morgan fingerprint density at radius 2 is 0.808 bits per heavy atom. The summed E-state index contributed by atoms with van der Waals surface area (Å²) in [4.78, 5) is 12.4. The molecule has 1 amide bonds. The average Bonchev–Trinajstić information content (AvgIpc) is 3.15. The van der Waals surface area contributed by atoms with E-state index in [1.807, 2.05) is 6.08 Å². The number of aliphatic hydroxyl groups excluding tert-OH is 2. The van der Waals surface area contributed by atoms with Gasteiger partial charge in [-0.15, -0.1) is 0 Å². The lowest BCUT2D eigenvalue weighted by Gasteiger charge is -2.19. The topological polar surface area (TPSA) is 69.6 Å². The van der Waals surface area contributed by atoms with Crippen LogP contribution in [0.2, 0.25) is 0 Å². The summed E-state index contributed by atoms with van der Waals surface area (Å²) in [5, 5.41) is 23.0. The van der Waals surface area contributed by atoms with Gasteiger partial charge in [-0.1, -0.05) is 210 Å². The van der Waals surface area contributed by atoms with Gasteiger partial charge in [0.25, 0.3) is 0 Å². The molecule has 0 heterocycles. The number of aliphatic hydroxyl groups is 2. The van der Waals surface area contributed by atoms with Crippen molar-refractivity contribution in [1.29, 1.82) is 0 Å². The van der Waals surface area contributed by atoms with E-state index in [0.29, 0.717) is 6.42 Å². The number of hydrogen-bond donors (Lipinski definition) is 3. The van der Waals surface area contributed by atoms with E-state index in [1.165, 1.54) is 173 Å². The minimum absolute atomic E-state index is 0.0784. The predicted molar refractivity (Wildman–Crippen MR) is 230 cm³/mol. The first-order chi connectivity index (χ1) is 25.7. The highest BCUT2D eigenvalue weighted by molar-refractivity contribution is 5.76. The third-order valence-electron chi connectivity index (χ3n) is 10.3. The van der Waals surface area contributed by atoms with Gasteiger partial charge in [0, 0.05) is 6.42 Å². The number of unbranched alkanes of at least 4 members (excludes halogenated alkanes) is 28. The van der Waals surface area contributed by atoms with Gasteiger partial charge in [0.15, 0.2) is 0 Å². The van der Waals surface area contributed by atoms with Gasteiger partial charge in [0.1, 0.15) is 0 Å². The van der Waals surface area contributed by atoms with Crippen molar-refractivity contribution >= 4 is 5.91 Å². The van der Waals surface area contributed by atoms with Crippen molar-refractivity contribution in [2.75, 3.05) is 6.61 Å². The number of carbonyl (C=O) groups is 1. The van der Waals surface area contributed by atoms with Crippen LogP contribution >= 0.6 is 0 Å². The lowest BCUT2D eigenvalue weighted by atomic mass is 10.0. The minimum Gasteiger partial charge on any atom is -0.394 e. The highest BCUT2D eigenvalue weighted by Gasteiger charge is 2.17. The summed E-state index contributed by atoms with van der Waals surface area (Å²) < 4.78 is 0. The summed E-state index contributed by atoms with van der Waals surface area (Å²) in [6.45, 7) is 4.28. The Hall–Kier alpha value is -1.65. The first kappa shape index (κ1) is 50.4. The monoisotopic (exact) mass is 728 g/mol. The predicted octanol–water partition coefficient (Wildman–Crippen LogP) is 14.4. The number of hydrogen-bond acceptors (Lipinski definition) is 3. The van der Waals surface area contributed by atoms with Gasteiger partial charge in [-0.25, -0.2) is 0 Å². The molecule has 0 aromatic heterocycles. The van der Waals surface area contributed by atoms with Crippen LogP contribution in [-0.4, -0.2) is 34.9 Å². The van der Waals surface area contributed by atoms with Crippen LogP contribution in [0.5, 0.6) is 0 Å². The molecule has 0 aliphatic rings. The van der Waals surface area contributed by atoms with Crippen LogP contribution in [-0.2, 0) is 4.79 Å². The number of rotatable bonds is 41. The van der Waals surface area contributed by atoms with Gasteiger partial charge in [-0.3, -0.25) is 4.79 Å². The Bertz CT molecular complexity index is 831. The Morgan fingerprint density at radius 1 is 0.462 bits per heavy atom. The summed E-state index contributed by atoms with van der Waals surface area (Å²) in [5.74, 6) is -0.0784. The van der Waals surface area contributed by atoms with Crippen molar-refractivity contribution in [3.8, 4) is 0 Å². The van der Waals surface area contributed by atoms with E-state index in [1.54, 1.807) is 6.08 Å². The second-order valence-corrected chi connectivity index (χ2v) is 15.5. The standard InChI is InChI=1S/C48H89NO3/c1-3-5-7-9-11-13-15-17-19-21-23-24-26-27-29-31-33-35-37-39-41-43-47(51)46(45-50)49-48(52)44-42-40-38-36-34-32-30-28-25-22-20-18-16-14-12-10-8-6-4-2/h12,14,18,20,33,35,41,43,46-47,50-51H,3-11,13,15-17,19,21-32,34,36-40,42,44-45H2,1-2H3,(H,49,52)/b14-12-,20-18-,35-33+,43-41+. The number of carbonyl (C=O) groups excluding carboxylic acids is 1. The molecular formula is C48H89NO3. The molecular weight excluding hydrogens is 639 g/mol. The first-order valence-electron chi connectivity index (χ1n) is 22.9. The van der Waals surface area contributed by atoms with Crippen molar-refractivity contribution in [3.63, 3.8) is 0 Å². The maximum Gasteiger partial charge on any atom is 0.220 e. The van der Waals surface area contributed by atoms with Crippen LogP contribution in [0, 0.1) is 0 Å². The fraction of sp³-hybridized carbons (Fsp3) is 0.812. The summed E-state index contributed by atoms with van der Waals surface area (Å²) in [6.07, 6.45) is 59.4. The second kappa shape index (κ2) is 43.8. The van der Waals surface area contributed by atoms with Gasteiger partial charge in [-0.2, -0.15) is 0 Å². The zero-order valence-electron chi connectivity index (χ0n) is 34.8. The Morgan fingerprint density at radius 3 is 1.27 bits per heavy atom. The van der Waals surface area contributed by atoms with Gasteiger partial charge in [0.2, 0.25) is 5.91 Å². The molecule has 0 aliphatic carbocycles. The van der Waals surface area contributed by atoms with E-state index >= 15 is 0 Å². The zero-order chi connectivity index (χ0) is 37.8. The first-order valence-corrected chi connectivity index (χ1v) is 22.9. The number of allylic oxidation sites excluding steroid dienone is 7. The highest BCUT2D eigenvalue weighted by Crippen LogP contribution is 2.15. The maximum atomic E-state index is 12.4. The molecule has 4 heteroatoms. The summed E-state index contributed by atoms with van der Waals surface area (Å²) in [6, 6.07) is -0.642. The van der Waals surface area contributed by atoms with Crippen molar-refractivity contribution in [3.05, 3.63) is 48.6 Å². The van der Waals surface area contributed by atoms with Gasteiger partial charge in [-0.05, 0) is 64.2 Å². The molecule has 0 aromatic rings. The number of amides is 1. The molecule has 4 nitrogen and oxygen atoms in total. The van der Waals surface area contributed by atoms with E-state index in [2.05, 4.69) is 55.6 Å². The lowest BCUT2D eigenvalue weighted by molar-refractivity contribution is -0.123. The molecule has 2 unspecified atom stereocenters. The van der Waals surface area contributed by atoms with Crippen molar-refractivity contribution in [1.82, 2.24) is 5.32 Å². The fourth-order valence-corrected chi connectivity index (χ4v) is 6.75. The molecule has 2 atom stereocenters. The van der Waals surface area contributed by atoms with E-state index < -0.39 is 12.1 Å². The molecule has 3 N–H and O–H groups in total. The zero-order valence-corrected chi connectivity index (χ0v) is 34.8. The molecule has 0 rings (SSSR count). The Balaban J connectivity index is 3.61. The van der Waals surface area contributed by atoms with Crippen molar-refractivity contribution in [2.45, 2.75) is 244 Å². The maximum absolute atomic E-state index is 12.4.